The Morgan fingerprint density at radius 1 is 1.41 bits per heavy atom. The molecule has 0 bridgehead atoms. The van der Waals surface area contributed by atoms with Gasteiger partial charge >= 0.3 is 0 Å². The number of rotatable bonds is 4. The number of thioether (sulfide) groups is 1. The van der Waals surface area contributed by atoms with Crippen LogP contribution in [0.2, 0.25) is 0 Å². The van der Waals surface area contributed by atoms with Crippen LogP contribution in [0.1, 0.15) is 19.8 Å². The van der Waals surface area contributed by atoms with E-state index < -0.39 is 0 Å². The summed E-state index contributed by atoms with van der Waals surface area (Å²) < 4.78 is 5.12. The molecule has 0 spiro atoms. The summed E-state index contributed by atoms with van der Waals surface area (Å²) >= 11 is 1.85. The lowest BCUT2D eigenvalue weighted by Crippen LogP contribution is -2.07. The van der Waals surface area contributed by atoms with Gasteiger partial charge < -0.3 is 10.1 Å². The number of anilines is 1. The molecule has 1 aromatic carbocycles. The van der Waals surface area contributed by atoms with Gasteiger partial charge in [-0.3, -0.25) is 4.99 Å². The average molecular weight is 250 g/mol. The Balaban J connectivity index is 1.89. The summed E-state index contributed by atoms with van der Waals surface area (Å²) in [7, 11) is 1.68. The highest BCUT2D eigenvalue weighted by atomic mass is 32.2. The fraction of sp³-hybridized carbons (Fsp3) is 0.462. The summed E-state index contributed by atoms with van der Waals surface area (Å²) in [4.78, 5) is 4.51. The molecule has 0 aliphatic carbocycles. The standard InChI is InChI=1S/C13H18N2OS/c1-3-4-12-9-14-13(17-12)15-10-5-7-11(16-2)8-6-10/h5-8,12H,3-4,9H2,1-2H3,(H,14,15). The average Bonchev–Trinajstić information content (AvgIpc) is 2.78. The molecule has 17 heavy (non-hydrogen) atoms. The van der Waals surface area contributed by atoms with E-state index in [2.05, 4.69) is 17.2 Å². The van der Waals surface area contributed by atoms with E-state index in [0.717, 1.165) is 23.1 Å². The van der Waals surface area contributed by atoms with Gasteiger partial charge in [-0.1, -0.05) is 25.1 Å². The number of benzene rings is 1. The number of hydrogen-bond acceptors (Lipinski definition) is 4. The van der Waals surface area contributed by atoms with Crippen LogP contribution in [-0.2, 0) is 0 Å². The number of ether oxygens (including phenoxy) is 1. The van der Waals surface area contributed by atoms with Crippen LogP contribution in [-0.4, -0.2) is 24.1 Å². The van der Waals surface area contributed by atoms with E-state index >= 15 is 0 Å². The third kappa shape index (κ3) is 3.40. The van der Waals surface area contributed by atoms with E-state index in [1.807, 2.05) is 36.0 Å². The zero-order valence-electron chi connectivity index (χ0n) is 10.3. The van der Waals surface area contributed by atoms with Crippen LogP contribution in [0.5, 0.6) is 5.75 Å². The molecule has 1 heterocycles. The molecule has 1 unspecified atom stereocenters. The summed E-state index contributed by atoms with van der Waals surface area (Å²) in [5.74, 6) is 0.875. The molecule has 1 aliphatic heterocycles. The SMILES string of the molecule is CCCC1CN=C(Nc2ccc(OC)cc2)S1. The zero-order valence-corrected chi connectivity index (χ0v) is 11.1. The van der Waals surface area contributed by atoms with Crippen LogP contribution in [0, 0.1) is 0 Å². The number of hydrogen-bond donors (Lipinski definition) is 1. The van der Waals surface area contributed by atoms with Crippen molar-refractivity contribution < 1.29 is 4.74 Å². The highest BCUT2D eigenvalue weighted by Crippen LogP contribution is 2.26. The summed E-state index contributed by atoms with van der Waals surface area (Å²) in [5.41, 5.74) is 1.06. The minimum absolute atomic E-state index is 0.653. The molecule has 1 N–H and O–H groups in total. The van der Waals surface area contributed by atoms with Crippen LogP contribution < -0.4 is 10.1 Å². The van der Waals surface area contributed by atoms with Crippen LogP contribution >= 0.6 is 11.8 Å². The van der Waals surface area contributed by atoms with Gasteiger partial charge in [-0.15, -0.1) is 0 Å². The third-order valence-corrected chi connectivity index (χ3v) is 3.84. The van der Waals surface area contributed by atoms with Gasteiger partial charge in [0.25, 0.3) is 0 Å². The van der Waals surface area contributed by atoms with E-state index in [-0.39, 0.29) is 0 Å². The van der Waals surface area contributed by atoms with Gasteiger partial charge in [0.15, 0.2) is 5.17 Å². The molecule has 0 amide bonds. The first-order valence-electron chi connectivity index (χ1n) is 5.94. The van der Waals surface area contributed by atoms with Crippen molar-refractivity contribution in [2.75, 3.05) is 19.0 Å². The Kier molecular flexibility index (Phi) is 4.31. The molecular formula is C13H18N2OS. The van der Waals surface area contributed by atoms with Gasteiger partial charge in [-0.05, 0) is 30.7 Å². The van der Waals surface area contributed by atoms with Crippen LogP contribution in [0.4, 0.5) is 5.69 Å². The summed E-state index contributed by atoms with van der Waals surface area (Å²) in [6, 6.07) is 7.92. The first-order chi connectivity index (χ1) is 8.31. The Morgan fingerprint density at radius 3 is 2.82 bits per heavy atom. The van der Waals surface area contributed by atoms with Gasteiger partial charge in [-0.2, -0.15) is 0 Å². The molecule has 0 fully saturated rings. The van der Waals surface area contributed by atoms with Crippen molar-refractivity contribution in [3.05, 3.63) is 24.3 Å². The number of nitrogens with zero attached hydrogens (tertiary/aromatic N) is 1. The molecule has 1 atom stereocenters. The topological polar surface area (TPSA) is 33.6 Å². The minimum atomic E-state index is 0.653. The number of amidine groups is 1. The van der Waals surface area contributed by atoms with Crippen LogP contribution in [0.15, 0.2) is 29.3 Å². The maximum Gasteiger partial charge on any atom is 0.161 e. The molecule has 1 aromatic rings. The number of methoxy groups -OCH3 is 1. The molecule has 0 radical (unpaired) electrons. The van der Waals surface area contributed by atoms with Crippen molar-refractivity contribution in [2.45, 2.75) is 25.0 Å². The molecule has 3 nitrogen and oxygen atoms in total. The largest absolute Gasteiger partial charge is 0.497 e. The molecule has 4 heteroatoms. The van der Waals surface area contributed by atoms with E-state index in [1.165, 1.54) is 12.8 Å². The molecule has 0 saturated heterocycles. The van der Waals surface area contributed by atoms with Crippen LogP contribution in [0.3, 0.4) is 0 Å². The maximum atomic E-state index is 5.12. The molecular weight excluding hydrogens is 232 g/mol. The van der Waals surface area contributed by atoms with Gasteiger partial charge in [0.05, 0.1) is 13.7 Å². The van der Waals surface area contributed by atoms with Crippen molar-refractivity contribution in [3.63, 3.8) is 0 Å². The summed E-state index contributed by atoms with van der Waals surface area (Å²) in [5, 5.41) is 5.03. The van der Waals surface area contributed by atoms with Gasteiger partial charge in [-0.25, -0.2) is 0 Å². The number of nitrogens with one attached hydrogen (secondary N) is 1. The fourth-order valence-corrected chi connectivity index (χ4v) is 2.90. The quantitative estimate of drug-likeness (QED) is 0.889. The zero-order chi connectivity index (χ0) is 12.1. The molecule has 2 rings (SSSR count). The predicted octanol–water partition coefficient (Wildman–Crippen LogP) is 3.38. The normalized spacial score (nSPS) is 18.9. The first-order valence-corrected chi connectivity index (χ1v) is 6.82. The fourth-order valence-electron chi connectivity index (χ4n) is 1.76. The Morgan fingerprint density at radius 2 is 2.18 bits per heavy atom. The second-order valence-electron chi connectivity index (χ2n) is 4.03. The van der Waals surface area contributed by atoms with Crippen molar-refractivity contribution in [1.29, 1.82) is 0 Å². The third-order valence-electron chi connectivity index (χ3n) is 2.67. The minimum Gasteiger partial charge on any atom is -0.497 e. The molecule has 0 aromatic heterocycles. The van der Waals surface area contributed by atoms with Gasteiger partial charge in [0.2, 0.25) is 0 Å². The van der Waals surface area contributed by atoms with E-state index in [0.29, 0.717) is 5.25 Å². The molecule has 0 saturated carbocycles. The Bertz CT molecular complexity index is 389. The molecule has 1 aliphatic rings. The van der Waals surface area contributed by atoms with Crippen molar-refractivity contribution in [2.24, 2.45) is 4.99 Å². The van der Waals surface area contributed by atoms with Crippen molar-refractivity contribution >= 4 is 22.6 Å². The monoisotopic (exact) mass is 250 g/mol. The lowest BCUT2D eigenvalue weighted by molar-refractivity contribution is 0.415. The maximum absolute atomic E-state index is 5.12. The van der Waals surface area contributed by atoms with E-state index in [9.17, 15) is 0 Å². The summed E-state index contributed by atoms with van der Waals surface area (Å²) in [6.45, 7) is 3.16. The second kappa shape index (κ2) is 5.96. The smallest absolute Gasteiger partial charge is 0.161 e. The van der Waals surface area contributed by atoms with E-state index in [1.54, 1.807) is 7.11 Å². The predicted molar refractivity (Wildman–Crippen MR) is 75.2 cm³/mol. The Hall–Kier alpha value is -1.16. The highest BCUT2D eigenvalue weighted by molar-refractivity contribution is 8.15. The first kappa shape index (κ1) is 12.3. The number of aliphatic imine (C=N–C) groups is 1. The highest BCUT2D eigenvalue weighted by Gasteiger charge is 2.18. The lowest BCUT2D eigenvalue weighted by Gasteiger charge is -2.08. The van der Waals surface area contributed by atoms with Crippen LogP contribution in [0.25, 0.3) is 0 Å². The Labute approximate surface area is 107 Å². The van der Waals surface area contributed by atoms with Crippen molar-refractivity contribution in [3.8, 4) is 5.75 Å². The summed E-state index contributed by atoms with van der Waals surface area (Å²) in [6.07, 6.45) is 2.46. The van der Waals surface area contributed by atoms with Gasteiger partial charge in [0, 0.05) is 10.9 Å². The molecule has 92 valence electrons. The van der Waals surface area contributed by atoms with Crippen molar-refractivity contribution in [1.82, 2.24) is 0 Å². The lowest BCUT2D eigenvalue weighted by atomic mass is 10.2. The van der Waals surface area contributed by atoms with Gasteiger partial charge in [0.1, 0.15) is 5.75 Å². The second-order valence-corrected chi connectivity index (χ2v) is 5.32. The van der Waals surface area contributed by atoms with E-state index in [4.69, 9.17) is 4.74 Å².